The van der Waals surface area contributed by atoms with E-state index >= 15 is 0 Å². The molecule has 3 N–H and O–H groups in total. The fourth-order valence-electron chi connectivity index (χ4n) is 1.74. The van der Waals surface area contributed by atoms with Crippen molar-refractivity contribution in [2.45, 2.75) is 6.92 Å². The molecule has 0 unspecified atom stereocenters. The maximum absolute atomic E-state index is 11.0. The largest absolute Gasteiger partial charge is 0.507 e. The number of hydrogen-bond acceptors (Lipinski definition) is 4. The molecule has 104 valence electrons. The molecule has 0 saturated heterocycles. The number of aromatic hydroxyl groups is 1. The van der Waals surface area contributed by atoms with Crippen LogP contribution in [-0.2, 0) is 0 Å². The standard InChI is InChI=1S/C12H9ClN2O5/c1-5-9(12(19)20)10(13)15(14-5)6-2-3-8(16)7(4-6)11(17)18/h2-4,16H,1H3,(H,17,18)(H,19,20). The monoisotopic (exact) mass is 296 g/mol. The Morgan fingerprint density at radius 3 is 2.40 bits per heavy atom. The van der Waals surface area contributed by atoms with E-state index < -0.39 is 17.7 Å². The summed E-state index contributed by atoms with van der Waals surface area (Å²) >= 11 is 5.94. The summed E-state index contributed by atoms with van der Waals surface area (Å²) in [4.78, 5) is 22.0. The van der Waals surface area contributed by atoms with Gasteiger partial charge in [-0.2, -0.15) is 5.10 Å². The van der Waals surface area contributed by atoms with Gasteiger partial charge in [0.2, 0.25) is 0 Å². The van der Waals surface area contributed by atoms with Gasteiger partial charge in [0.1, 0.15) is 22.0 Å². The van der Waals surface area contributed by atoms with Gasteiger partial charge in [0.25, 0.3) is 0 Å². The number of hydrogen-bond donors (Lipinski definition) is 3. The van der Waals surface area contributed by atoms with Crippen LogP contribution in [0.25, 0.3) is 5.69 Å². The summed E-state index contributed by atoms with van der Waals surface area (Å²) in [5.41, 5.74) is -0.0477. The molecule has 0 amide bonds. The lowest BCUT2D eigenvalue weighted by atomic mass is 10.2. The van der Waals surface area contributed by atoms with Gasteiger partial charge in [-0.3, -0.25) is 0 Å². The molecule has 0 fully saturated rings. The lowest BCUT2D eigenvalue weighted by Gasteiger charge is -2.06. The third-order valence-electron chi connectivity index (χ3n) is 2.67. The Hall–Kier alpha value is -2.54. The van der Waals surface area contributed by atoms with Crippen molar-refractivity contribution in [1.82, 2.24) is 9.78 Å². The summed E-state index contributed by atoms with van der Waals surface area (Å²) in [5.74, 6) is -2.95. The number of aryl methyl sites for hydroxylation is 1. The van der Waals surface area contributed by atoms with Crippen molar-refractivity contribution in [1.29, 1.82) is 0 Å². The average molecular weight is 297 g/mol. The highest BCUT2D eigenvalue weighted by atomic mass is 35.5. The number of carbonyl (C=O) groups is 2. The van der Waals surface area contributed by atoms with E-state index in [4.69, 9.17) is 21.8 Å². The van der Waals surface area contributed by atoms with Crippen molar-refractivity contribution in [2.75, 3.05) is 0 Å². The zero-order valence-corrected chi connectivity index (χ0v) is 10.9. The average Bonchev–Trinajstić information content (AvgIpc) is 2.65. The number of benzene rings is 1. The van der Waals surface area contributed by atoms with Crippen LogP contribution in [0.4, 0.5) is 0 Å². The van der Waals surface area contributed by atoms with Crippen LogP contribution in [0, 0.1) is 6.92 Å². The first kappa shape index (κ1) is 13.9. The predicted molar refractivity (Wildman–Crippen MR) is 68.9 cm³/mol. The highest BCUT2D eigenvalue weighted by molar-refractivity contribution is 6.32. The number of aromatic nitrogens is 2. The van der Waals surface area contributed by atoms with Gasteiger partial charge in [-0.15, -0.1) is 0 Å². The minimum Gasteiger partial charge on any atom is -0.507 e. The van der Waals surface area contributed by atoms with E-state index in [2.05, 4.69) is 5.10 Å². The molecule has 0 spiro atoms. The van der Waals surface area contributed by atoms with Crippen molar-refractivity contribution in [2.24, 2.45) is 0 Å². The Morgan fingerprint density at radius 2 is 1.90 bits per heavy atom. The summed E-state index contributed by atoms with van der Waals surface area (Å²) in [6, 6.07) is 3.71. The van der Waals surface area contributed by atoms with Crippen LogP contribution in [0.3, 0.4) is 0 Å². The molecule has 0 atom stereocenters. The zero-order chi connectivity index (χ0) is 15.0. The van der Waals surface area contributed by atoms with E-state index in [9.17, 15) is 14.7 Å². The Balaban J connectivity index is 2.64. The van der Waals surface area contributed by atoms with E-state index in [1.54, 1.807) is 0 Å². The lowest BCUT2D eigenvalue weighted by molar-refractivity contribution is 0.0683. The van der Waals surface area contributed by atoms with Crippen molar-refractivity contribution in [3.8, 4) is 11.4 Å². The number of carboxylic acids is 2. The van der Waals surface area contributed by atoms with Gasteiger partial charge in [-0.25, -0.2) is 14.3 Å². The van der Waals surface area contributed by atoms with Gasteiger partial charge < -0.3 is 15.3 Å². The topological polar surface area (TPSA) is 113 Å². The molecule has 0 radical (unpaired) electrons. The number of rotatable bonds is 3. The van der Waals surface area contributed by atoms with Crippen LogP contribution in [0.1, 0.15) is 26.4 Å². The molecule has 7 nitrogen and oxygen atoms in total. The number of carboxylic acid groups (broad SMARTS) is 2. The third-order valence-corrected chi connectivity index (χ3v) is 3.02. The molecule has 20 heavy (non-hydrogen) atoms. The normalized spacial score (nSPS) is 10.5. The summed E-state index contributed by atoms with van der Waals surface area (Å²) in [7, 11) is 0. The third kappa shape index (κ3) is 2.19. The van der Waals surface area contributed by atoms with Crippen LogP contribution in [-0.4, -0.2) is 37.0 Å². The molecular formula is C12H9ClN2O5. The van der Waals surface area contributed by atoms with Crippen LogP contribution >= 0.6 is 11.6 Å². The first-order chi connectivity index (χ1) is 9.32. The Labute approximate surface area is 117 Å². The van der Waals surface area contributed by atoms with Crippen molar-refractivity contribution >= 4 is 23.5 Å². The Kier molecular flexibility index (Phi) is 3.37. The summed E-state index contributed by atoms with van der Waals surface area (Å²) in [5, 5.41) is 31.2. The van der Waals surface area contributed by atoms with Crippen molar-refractivity contribution < 1.29 is 24.9 Å². The summed E-state index contributed by atoms with van der Waals surface area (Å²) in [6.45, 7) is 1.48. The van der Waals surface area contributed by atoms with Crippen molar-refractivity contribution in [3.05, 3.63) is 40.2 Å². The second kappa shape index (κ2) is 4.86. The van der Waals surface area contributed by atoms with Gasteiger partial charge in [0, 0.05) is 0 Å². The van der Waals surface area contributed by atoms with Crippen LogP contribution < -0.4 is 0 Å². The lowest BCUT2D eigenvalue weighted by Crippen LogP contribution is -2.02. The number of halogens is 1. The maximum Gasteiger partial charge on any atom is 0.340 e. The molecule has 0 aliphatic rings. The van der Waals surface area contributed by atoms with Crippen LogP contribution in [0.5, 0.6) is 5.75 Å². The Morgan fingerprint density at radius 1 is 1.25 bits per heavy atom. The van der Waals surface area contributed by atoms with Crippen molar-refractivity contribution in [3.63, 3.8) is 0 Å². The smallest absolute Gasteiger partial charge is 0.340 e. The van der Waals surface area contributed by atoms with E-state index in [0.29, 0.717) is 0 Å². The van der Waals surface area contributed by atoms with Gasteiger partial charge in [-0.1, -0.05) is 11.6 Å². The van der Waals surface area contributed by atoms with Gasteiger partial charge >= 0.3 is 11.9 Å². The summed E-state index contributed by atoms with van der Waals surface area (Å²) in [6.07, 6.45) is 0. The number of phenols is 1. The second-order valence-electron chi connectivity index (χ2n) is 3.97. The van der Waals surface area contributed by atoms with Gasteiger partial charge in [0.15, 0.2) is 0 Å². The zero-order valence-electron chi connectivity index (χ0n) is 10.2. The molecule has 0 aliphatic heterocycles. The molecule has 0 saturated carbocycles. The van der Waals surface area contributed by atoms with E-state index in [1.807, 2.05) is 0 Å². The fourth-order valence-corrected chi connectivity index (χ4v) is 2.09. The fraction of sp³-hybridized carbons (Fsp3) is 0.0833. The summed E-state index contributed by atoms with van der Waals surface area (Å²) < 4.78 is 1.10. The minimum atomic E-state index is -1.32. The number of aromatic carboxylic acids is 2. The van der Waals surface area contributed by atoms with Gasteiger partial charge in [-0.05, 0) is 25.1 Å². The van der Waals surface area contributed by atoms with Crippen LogP contribution in [0.2, 0.25) is 5.15 Å². The minimum absolute atomic E-state index is 0.142. The van der Waals surface area contributed by atoms with E-state index in [1.165, 1.54) is 19.1 Å². The molecule has 0 aliphatic carbocycles. The Bertz CT molecular complexity index is 723. The molecule has 8 heteroatoms. The van der Waals surface area contributed by atoms with Crippen LogP contribution in [0.15, 0.2) is 18.2 Å². The quantitative estimate of drug-likeness (QED) is 0.797. The molecule has 1 aromatic carbocycles. The highest BCUT2D eigenvalue weighted by Gasteiger charge is 2.21. The first-order valence-electron chi connectivity index (χ1n) is 5.38. The molecule has 1 aromatic heterocycles. The SMILES string of the molecule is Cc1nn(-c2ccc(O)c(C(=O)O)c2)c(Cl)c1C(=O)O. The molecular weight excluding hydrogens is 288 g/mol. The predicted octanol–water partition coefficient (Wildman–Crippen LogP) is 1.94. The number of nitrogens with zero attached hydrogens (tertiary/aromatic N) is 2. The molecule has 2 aromatic rings. The maximum atomic E-state index is 11.0. The van der Waals surface area contributed by atoms with E-state index in [-0.39, 0.29) is 27.7 Å². The molecule has 0 bridgehead atoms. The van der Waals surface area contributed by atoms with Gasteiger partial charge in [0.05, 0.1) is 11.4 Å². The molecule has 1 heterocycles. The van der Waals surface area contributed by atoms with E-state index in [0.717, 1.165) is 10.7 Å². The first-order valence-corrected chi connectivity index (χ1v) is 5.75. The molecule has 2 rings (SSSR count). The second-order valence-corrected chi connectivity index (χ2v) is 4.33. The highest BCUT2D eigenvalue weighted by Crippen LogP contribution is 2.26.